The maximum Gasteiger partial charge on any atom is 0.316 e. The molecule has 1 fully saturated rings. The van der Waals surface area contributed by atoms with Crippen LogP contribution in [0, 0.1) is 0 Å². The maximum atomic E-state index is 12.1. The predicted molar refractivity (Wildman–Crippen MR) is 84.7 cm³/mol. The minimum Gasteiger partial charge on any atom is -0.347 e. The Kier molecular flexibility index (Phi) is 4.97. The molecular weight excluding hydrogens is 294 g/mol. The second-order valence-electron chi connectivity index (χ2n) is 5.80. The highest BCUT2D eigenvalue weighted by Gasteiger charge is 2.19. The molecule has 1 N–H and O–H groups in total. The number of carbonyl (C=O) groups excluding carboxylic acids is 1. The highest BCUT2D eigenvalue weighted by molar-refractivity contribution is 5.89. The number of likely N-dealkylation sites (tertiary alicyclic amines) is 1. The second kappa shape index (κ2) is 7.32. The van der Waals surface area contributed by atoms with E-state index in [1.54, 1.807) is 18.5 Å². The molecular formula is C16H21N5O2. The SMILES string of the molecule is CC1CCCCN1CCNC(=O)c1nc(-c2cccnc2)no1. The van der Waals surface area contributed by atoms with Crippen LogP contribution in [-0.2, 0) is 0 Å². The van der Waals surface area contributed by atoms with Gasteiger partial charge in [0, 0.05) is 37.1 Å². The van der Waals surface area contributed by atoms with Crippen molar-refractivity contribution in [1.29, 1.82) is 0 Å². The molecule has 23 heavy (non-hydrogen) atoms. The van der Waals surface area contributed by atoms with E-state index in [4.69, 9.17) is 4.52 Å². The van der Waals surface area contributed by atoms with Crippen molar-refractivity contribution < 1.29 is 9.32 Å². The van der Waals surface area contributed by atoms with E-state index in [1.165, 1.54) is 19.3 Å². The van der Waals surface area contributed by atoms with Gasteiger partial charge in [-0.05, 0) is 38.4 Å². The molecule has 122 valence electrons. The standard InChI is InChI=1S/C16H21N5O2/c1-12-5-2-3-9-21(12)10-8-18-15(22)16-19-14(20-23-16)13-6-4-7-17-11-13/h4,6-7,11-12H,2-3,5,8-10H2,1H3,(H,18,22). The summed E-state index contributed by atoms with van der Waals surface area (Å²) in [5.74, 6) is 0.0146. The summed E-state index contributed by atoms with van der Waals surface area (Å²) >= 11 is 0. The van der Waals surface area contributed by atoms with Gasteiger partial charge in [-0.1, -0.05) is 11.6 Å². The van der Waals surface area contributed by atoms with Crippen LogP contribution in [0.15, 0.2) is 29.0 Å². The summed E-state index contributed by atoms with van der Waals surface area (Å²) in [6.07, 6.45) is 7.05. The van der Waals surface area contributed by atoms with Crippen LogP contribution in [0.3, 0.4) is 0 Å². The number of aromatic nitrogens is 3. The van der Waals surface area contributed by atoms with Crippen LogP contribution in [0.2, 0.25) is 0 Å². The summed E-state index contributed by atoms with van der Waals surface area (Å²) in [5, 5.41) is 6.66. The number of rotatable bonds is 5. The third kappa shape index (κ3) is 3.92. The Hall–Kier alpha value is -2.28. The number of nitrogens with zero attached hydrogens (tertiary/aromatic N) is 4. The fourth-order valence-electron chi connectivity index (χ4n) is 2.81. The van der Waals surface area contributed by atoms with Crippen molar-refractivity contribution in [1.82, 2.24) is 25.3 Å². The molecule has 0 radical (unpaired) electrons. The lowest BCUT2D eigenvalue weighted by Gasteiger charge is -2.33. The summed E-state index contributed by atoms with van der Waals surface area (Å²) in [6.45, 7) is 4.76. The van der Waals surface area contributed by atoms with Gasteiger partial charge in [-0.25, -0.2) is 0 Å². The number of pyridine rings is 1. The minimum absolute atomic E-state index is 0.0180. The fourth-order valence-corrected chi connectivity index (χ4v) is 2.81. The molecule has 1 aliphatic rings. The molecule has 1 amide bonds. The van der Waals surface area contributed by atoms with Crippen molar-refractivity contribution in [3.8, 4) is 11.4 Å². The van der Waals surface area contributed by atoms with Crippen LogP contribution in [0.25, 0.3) is 11.4 Å². The van der Waals surface area contributed by atoms with Gasteiger partial charge in [0.15, 0.2) is 0 Å². The molecule has 0 spiro atoms. The Bertz CT molecular complexity index is 643. The first-order chi connectivity index (χ1) is 11.2. The maximum absolute atomic E-state index is 12.1. The first-order valence-electron chi connectivity index (χ1n) is 8.00. The largest absolute Gasteiger partial charge is 0.347 e. The lowest BCUT2D eigenvalue weighted by Crippen LogP contribution is -2.42. The van der Waals surface area contributed by atoms with Gasteiger partial charge in [-0.3, -0.25) is 14.7 Å². The molecule has 1 atom stereocenters. The Labute approximate surface area is 135 Å². The van der Waals surface area contributed by atoms with Gasteiger partial charge in [0.1, 0.15) is 0 Å². The molecule has 0 bridgehead atoms. The van der Waals surface area contributed by atoms with Crippen LogP contribution in [0.1, 0.15) is 36.9 Å². The molecule has 3 rings (SSSR count). The third-order valence-electron chi connectivity index (χ3n) is 4.17. The predicted octanol–water partition coefficient (Wildman–Crippen LogP) is 1.74. The summed E-state index contributed by atoms with van der Waals surface area (Å²) in [4.78, 5) is 22.6. The van der Waals surface area contributed by atoms with E-state index in [1.807, 2.05) is 6.07 Å². The van der Waals surface area contributed by atoms with Gasteiger partial charge < -0.3 is 9.84 Å². The average molecular weight is 315 g/mol. The summed E-state index contributed by atoms with van der Waals surface area (Å²) in [5.41, 5.74) is 0.720. The quantitative estimate of drug-likeness (QED) is 0.904. The molecule has 0 saturated carbocycles. The number of carbonyl (C=O) groups is 1. The van der Waals surface area contributed by atoms with Crippen LogP contribution < -0.4 is 5.32 Å². The van der Waals surface area contributed by atoms with Crippen LogP contribution in [0.4, 0.5) is 0 Å². The number of amides is 1. The van der Waals surface area contributed by atoms with Crippen LogP contribution >= 0.6 is 0 Å². The monoisotopic (exact) mass is 315 g/mol. The number of hydrogen-bond acceptors (Lipinski definition) is 6. The Morgan fingerprint density at radius 2 is 2.39 bits per heavy atom. The Balaban J connectivity index is 1.52. The van der Waals surface area contributed by atoms with Gasteiger partial charge in [0.05, 0.1) is 0 Å². The van der Waals surface area contributed by atoms with E-state index < -0.39 is 0 Å². The van der Waals surface area contributed by atoms with Gasteiger partial charge in [-0.15, -0.1) is 0 Å². The van der Waals surface area contributed by atoms with Crippen molar-refractivity contribution in [3.63, 3.8) is 0 Å². The molecule has 7 heteroatoms. The molecule has 1 saturated heterocycles. The summed E-state index contributed by atoms with van der Waals surface area (Å²) < 4.78 is 5.03. The molecule has 0 aromatic carbocycles. The molecule has 2 aromatic heterocycles. The molecule has 0 aliphatic carbocycles. The normalized spacial score (nSPS) is 18.7. The second-order valence-corrected chi connectivity index (χ2v) is 5.80. The van der Waals surface area contributed by atoms with Gasteiger partial charge >= 0.3 is 11.8 Å². The minimum atomic E-state index is -0.336. The molecule has 2 aromatic rings. The van der Waals surface area contributed by atoms with Gasteiger partial charge in [0.2, 0.25) is 5.82 Å². The zero-order valence-corrected chi connectivity index (χ0v) is 13.2. The highest BCUT2D eigenvalue weighted by atomic mass is 16.5. The van der Waals surface area contributed by atoms with Crippen molar-refractivity contribution in [2.75, 3.05) is 19.6 Å². The van der Waals surface area contributed by atoms with E-state index in [-0.39, 0.29) is 11.8 Å². The molecule has 1 aliphatic heterocycles. The third-order valence-corrected chi connectivity index (χ3v) is 4.17. The van der Waals surface area contributed by atoms with Gasteiger partial charge in [0.25, 0.3) is 0 Å². The van der Waals surface area contributed by atoms with Crippen molar-refractivity contribution in [2.45, 2.75) is 32.2 Å². The van der Waals surface area contributed by atoms with Crippen molar-refractivity contribution >= 4 is 5.91 Å². The number of piperidine rings is 1. The van der Waals surface area contributed by atoms with Gasteiger partial charge in [-0.2, -0.15) is 4.98 Å². The topological polar surface area (TPSA) is 84.2 Å². The number of hydrogen-bond donors (Lipinski definition) is 1. The van der Waals surface area contributed by atoms with Crippen molar-refractivity contribution in [3.05, 3.63) is 30.4 Å². The Morgan fingerprint density at radius 3 is 3.17 bits per heavy atom. The highest BCUT2D eigenvalue weighted by Crippen LogP contribution is 2.15. The van der Waals surface area contributed by atoms with E-state index in [2.05, 4.69) is 32.3 Å². The molecule has 1 unspecified atom stereocenters. The van der Waals surface area contributed by atoms with E-state index in [0.29, 0.717) is 18.4 Å². The fraction of sp³-hybridized carbons (Fsp3) is 0.500. The smallest absolute Gasteiger partial charge is 0.316 e. The zero-order valence-electron chi connectivity index (χ0n) is 13.2. The van der Waals surface area contributed by atoms with Crippen molar-refractivity contribution in [2.24, 2.45) is 0 Å². The average Bonchev–Trinajstić information content (AvgIpc) is 3.07. The summed E-state index contributed by atoms with van der Waals surface area (Å²) in [7, 11) is 0. The Morgan fingerprint density at radius 1 is 1.48 bits per heavy atom. The summed E-state index contributed by atoms with van der Waals surface area (Å²) in [6, 6.07) is 4.18. The van der Waals surface area contributed by atoms with Crippen LogP contribution in [0.5, 0.6) is 0 Å². The lowest BCUT2D eigenvalue weighted by atomic mass is 10.0. The number of nitrogens with one attached hydrogen (secondary N) is 1. The van der Waals surface area contributed by atoms with E-state index >= 15 is 0 Å². The zero-order chi connectivity index (χ0) is 16.1. The molecule has 7 nitrogen and oxygen atoms in total. The van der Waals surface area contributed by atoms with E-state index in [9.17, 15) is 4.79 Å². The van der Waals surface area contributed by atoms with E-state index in [0.717, 1.165) is 18.7 Å². The first kappa shape index (κ1) is 15.6. The lowest BCUT2D eigenvalue weighted by molar-refractivity contribution is 0.0895. The van der Waals surface area contributed by atoms with Crippen LogP contribution in [-0.4, -0.2) is 51.6 Å². The molecule has 3 heterocycles. The first-order valence-corrected chi connectivity index (χ1v) is 8.00.